The Morgan fingerprint density at radius 3 is 2.59 bits per heavy atom. The van der Waals surface area contributed by atoms with Crippen molar-refractivity contribution in [1.82, 2.24) is 15.5 Å². The SMILES string of the molecule is O=C(CNC(=O)c1cccc(Cl)c1)NC1CCN(C(=O)c2ccco2)CC1. The van der Waals surface area contributed by atoms with Crippen molar-refractivity contribution in [3.05, 3.63) is 59.0 Å². The number of likely N-dealkylation sites (tertiary alicyclic amines) is 1. The minimum Gasteiger partial charge on any atom is -0.459 e. The van der Waals surface area contributed by atoms with Crippen LogP contribution in [0.25, 0.3) is 0 Å². The standard InChI is InChI=1S/C19H20ClN3O4/c20-14-4-1-3-13(11-14)18(25)21-12-17(24)22-15-6-8-23(9-7-15)19(26)16-5-2-10-27-16/h1-5,10-11,15H,6-9,12H2,(H,21,25)(H,22,24). The van der Waals surface area contributed by atoms with Crippen LogP contribution in [0.1, 0.15) is 33.8 Å². The molecule has 0 saturated carbocycles. The molecule has 1 aliphatic rings. The van der Waals surface area contributed by atoms with Crippen LogP contribution < -0.4 is 10.6 Å². The van der Waals surface area contributed by atoms with E-state index in [1.165, 1.54) is 6.26 Å². The van der Waals surface area contributed by atoms with Crippen molar-refractivity contribution in [2.24, 2.45) is 0 Å². The molecule has 1 saturated heterocycles. The summed E-state index contributed by atoms with van der Waals surface area (Å²) in [5, 5.41) is 5.93. The van der Waals surface area contributed by atoms with E-state index in [0.29, 0.717) is 42.3 Å². The summed E-state index contributed by atoms with van der Waals surface area (Å²) in [5.74, 6) is -0.438. The van der Waals surface area contributed by atoms with Crippen molar-refractivity contribution < 1.29 is 18.8 Å². The van der Waals surface area contributed by atoms with Gasteiger partial charge >= 0.3 is 0 Å². The van der Waals surface area contributed by atoms with Gasteiger partial charge in [0.05, 0.1) is 12.8 Å². The van der Waals surface area contributed by atoms with Crippen molar-refractivity contribution >= 4 is 29.3 Å². The predicted molar refractivity (Wildman–Crippen MR) is 99.6 cm³/mol. The monoisotopic (exact) mass is 389 g/mol. The summed E-state index contributed by atoms with van der Waals surface area (Å²) in [5.41, 5.74) is 0.403. The maximum atomic E-state index is 12.2. The Morgan fingerprint density at radius 2 is 1.93 bits per heavy atom. The first-order valence-electron chi connectivity index (χ1n) is 8.69. The Labute approximate surface area is 161 Å². The third-order valence-corrected chi connectivity index (χ3v) is 4.61. The number of hydrogen-bond acceptors (Lipinski definition) is 4. The highest BCUT2D eigenvalue weighted by Gasteiger charge is 2.25. The molecule has 2 heterocycles. The molecule has 3 rings (SSSR count). The number of rotatable bonds is 5. The minimum atomic E-state index is -0.355. The topological polar surface area (TPSA) is 91.7 Å². The molecule has 7 nitrogen and oxygen atoms in total. The molecule has 0 aliphatic carbocycles. The second kappa shape index (κ2) is 8.73. The summed E-state index contributed by atoms with van der Waals surface area (Å²) in [6, 6.07) is 9.81. The first-order valence-corrected chi connectivity index (χ1v) is 9.06. The van der Waals surface area contributed by atoms with Crippen LogP contribution in [0.4, 0.5) is 0 Å². The Bertz CT molecular complexity index is 814. The number of piperidine rings is 1. The van der Waals surface area contributed by atoms with Crippen LogP contribution in [0, 0.1) is 0 Å². The quantitative estimate of drug-likeness (QED) is 0.819. The molecule has 0 bridgehead atoms. The zero-order valence-corrected chi connectivity index (χ0v) is 15.4. The predicted octanol–water partition coefficient (Wildman–Crippen LogP) is 2.08. The fourth-order valence-corrected chi connectivity index (χ4v) is 3.14. The third-order valence-electron chi connectivity index (χ3n) is 4.38. The van der Waals surface area contributed by atoms with E-state index >= 15 is 0 Å². The molecule has 2 N–H and O–H groups in total. The maximum Gasteiger partial charge on any atom is 0.289 e. The number of carbonyl (C=O) groups excluding carboxylic acids is 3. The number of amides is 3. The van der Waals surface area contributed by atoms with Crippen molar-refractivity contribution in [1.29, 1.82) is 0 Å². The van der Waals surface area contributed by atoms with Crippen LogP contribution in [-0.2, 0) is 4.79 Å². The van der Waals surface area contributed by atoms with E-state index in [1.807, 2.05) is 0 Å². The highest BCUT2D eigenvalue weighted by atomic mass is 35.5. The van der Waals surface area contributed by atoms with E-state index in [1.54, 1.807) is 41.3 Å². The van der Waals surface area contributed by atoms with E-state index in [2.05, 4.69) is 10.6 Å². The van der Waals surface area contributed by atoms with E-state index in [4.69, 9.17) is 16.0 Å². The number of furan rings is 1. The molecule has 0 radical (unpaired) electrons. The van der Waals surface area contributed by atoms with Gasteiger partial charge in [-0.15, -0.1) is 0 Å². The summed E-state index contributed by atoms with van der Waals surface area (Å²) in [7, 11) is 0. The van der Waals surface area contributed by atoms with Gasteiger partial charge in [-0.1, -0.05) is 17.7 Å². The number of nitrogens with zero attached hydrogens (tertiary/aromatic N) is 1. The van der Waals surface area contributed by atoms with Gasteiger partial charge in [0.1, 0.15) is 0 Å². The Hall–Kier alpha value is -2.80. The molecule has 142 valence electrons. The number of nitrogens with one attached hydrogen (secondary N) is 2. The summed E-state index contributed by atoms with van der Waals surface area (Å²) in [6.07, 6.45) is 2.78. The molecule has 1 aliphatic heterocycles. The molecule has 1 fully saturated rings. The molecule has 3 amide bonds. The number of benzene rings is 1. The summed E-state index contributed by atoms with van der Waals surface area (Å²) in [4.78, 5) is 38.0. The first kappa shape index (κ1) is 19.0. The molecule has 0 unspecified atom stereocenters. The third kappa shape index (κ3) is 5.10. The average Bonchev–Trinajstić information content (AvgIpc) is 3.21. The van der Waals surface area contributed by atoms with Crippen LogP contribution >= 0.6 is 11.6 Å². The highest BCUT2D eigenvalue weighted by molar-refractivity contribution is 6.30. The van der Waals surface area contributed by atoms with E-state index in [9.17, 15) is 14.4 Å². The van der Waals surface area contributed by atoms with Gasteiger partial charge in [0.2, 0.25) is 5.91 Å². The fourth-order valence-electron chi connectivity index (χ4n) is 2.95. The zero-order chi connectivity index (χ0) is 19.2. The molecule has 27 heavy (non-hydrogen) atoms. The summed E-state index contributed by atoms with van der Waals surface area (Å²) < 4.78 is 5.13. The lowest BCUT2D eigenvalue weighted by Gasteiger charge is -2.31. The van der Waals surface area contributed by atoms with Crippen LogP contribution in [-0.4, -0.2) is 48.3 Å². The van der Waals surface area contributed by atoms with Crippen molar-refractivity contribution in [2.75, 3.05) is 19.6 Å². The molecule has 1 aromatic heterocycles. The maximum absolute atomic E-state index is 12.2. The van der Waals surface area contributed by atoms with Gasteiger partial charge in [-0.25, -0.2) is 0 Å². The Morgan fingerprint density at radius 1 is 1.15 bits per heavy atom. The van der Waals surface area contributed by atoms with Crippen molar-refractivity contribution in [3.8, 4) is 0 Å². The van der Waals surface area contributed by atoms with E-state index in [-0.39, 0.29) is 30.3 Å². The van der Waals surface area contributed by atoms with Crippen LogP contribution in [0.5, 0.6) is 0 Å². The molecule has 0 atom stereocenters. The van der Waals surface area contributed by atoms with Gasteiger partial charge in [-0.2, -0.15) is 0 Å². The average molecular weight is 390 g/mol. The Balaban J connectivity index is 1.40. The number of halogens is 1. The molecular formula is C19H20ClN3O4. The molecule has 8 heteroatoms. The summed E-state index contributed by atoms with van der Waals surface area (Å²) >= 11 is 5.85. The lowest BCUT2D eigenvalue weighted by Crippen LogP contribution is -2.48. The molecule has 0 spiro atoms. The van der Waals surface area contributed by atoms with E-state index < -0.39 is 0 Å². The second-order valence-electron chi connectivity index (χ2n) is 6.30. The highest BCUT2D eigenvalue weighted by Crippen LogP contribution is 2.14. The normalized spacial score (nSPS) is 14.6. The van der Waals surface area contributed by atoms with E-state index in [0.717, 1.165) is 0 Å². The summed E-state index contributed by atoms with van der Waals surface area (Å²) in [6.45, 7) is 0.968. The van der Waals surface area contributed by atoms with Crippen LogP contribution in [0.2, 0.25) is 5.02 Å². The Kier molecular flexibility index (Phi) is 6.13. The number of hydrogen-bond donors (Lipinski definition) is 2. The van der Waals surface area contributed by atoms with Gasteiger partial charge < -0.3 is 20.0 Å². The van der Waals surface area contributed by atoms with Gasteiger partial charge in [0.15, 0.2) is 5.76 Å². The van der Waals surface area contributed by atoms with Crippen LogP contribution in [0.15, 0.2) is 47.1 Å². The van der Waals surface area contributed by atoms with Crippen molar-refractivity contribution in [2.45, 2.75) is 18.9 Å². The number of carbonyl (C=O) groups is 3. The van der Waals surface area contributed by atoms with Gasteiger partial charge in [-0.3, -0.25) is 14.4 Å². The fraction of sp³-hybridized carbons (Fsp3) is 0.316. The van der Waals surface area contributed by atoms with Crippen molar-refractivity contribution in [3.63, 3.8) is 0 Å². The lowest BCUT2D eigenvalue weighted by molar-refractivity contribution is -0.121. The molecule has 2 aromatic rings. The minimum absolute atomic E-state index is 0.0266. The largest absolute Gasteiger partial charge is 0.459 e. The molecule has 1 aromatic carbocycles. The van der Waals surface area contributed by atoms with Gasteiger partial charge in [-0.05, 0) is 43.2 Å². The van der Waals surface area contributed by atoms with Gasteiger partial charge in [0, 0.05) is 29.7 Å². The lowest BCUT2D eigenvalue weighted by atomic mass is 10.0. The second-order valence-corrected chi connectivity index (χ2v) is 6.74. The molecular weight excluding hydrogens is 370 g/mol. The van der Waals surface area contributed by atoms with Gasteiger partial charge in [0.25, 0.3) is 11.8 Å². The zero-order valence-electron chi connectivity index (χ0n) is 14.6. The van der Waals surface area contributed by atoms with Crippen LogP contribution in [0.3, 0.4) is 0 Å². The first-order chi connectivity index (χ1) is 13.0. The smallest absolute Gasteiger partial charge is 0.289 e.